The van der Waals surface area contributed by atoms with Crippen molar-refractivity contribution in [2.45, 2.75) is 25.7 Å². The van der Waals surface area contributed by atoms with Crippen molar-refractivity contribution in [1.29, 1.82) is 0 Å². The number of aromatic nitrogens is 3. The molecule has 1 fully saturated rings. The van der Waals surface area contributed by atoms with E-state index in [1.165, 1.54) is 4.88 Å². The summed E-state index contributed by atoms with van der Waals surface area (Å²) in [6.45, 7) is 1.09. The molecule has 0 radical (unpaired) electrons. The fourth-order valence-electron chi connectivity index (χ4n) is 3.59. The Balaban J connectivity index is 1.66. The molecule has 0 N–H and O–H groups in total. The van der Waals surface area contributed by atoms with Crippen LogP contribution in [0.4, 0.5) is 0 Å². The molecular formula is C19H21ClN4O2S3. The van der Waals surface area contributed by atoms with Crippen molar-refractivity contribution in [3.8, 4) is 11.4 Å². The average Bonchev–Trinajstić information content (AvgIpc) is 3.38. The van der Waals surface area contributed by atoms with E-state index in [-0.39, 0.29) is 17.5 Å². The zero-order valence-corrected chi connectivity index (χ0v) is 19.1. The predicted octanol–water partition coefficient (Wildman–Crippen LogP) is 3.98. The highest BCUT2D eigenvalue weighted by molar-refractivity contribution is 7.91. The fourth-order valence-corrected chi connectivity index (χ4v) is 6.49. The van der Waals surface area contributed by atoms with E-state index in [1.807, 2.05) is 47.3 Å². The summed E-state index contributed by atoms with van der Waals surface area (Å²) >= 11 is 13.6. The number of thiophene rings is 1. The largest absolute Gasteiger partial charge is 0.303 e. The Bertz CT molecular complexity index is 1170. The van der Waals surface area contributed by atoms with Gasteiger partial charge in [-0.3, -0.25) is 4.90 Å². The van der Waals surface area contributed by atoms with Gasteiger partial charge >= 0.3 is 0 Å². The highest BCUT2D eigenvalue weighted by Gasteiger charge is 2.33. The van der Waals surface area contributed by atoms with E-state index in [0.29, 0.717) is 35.3 Å². The molecule has 0 saturated carbocycles. The summed E-state index contributed by atoms with van der Waals surface area (Å²) in [6.07, 6.45) is 0.630. The second-order valence-corrected chi connectivity index (χ2v) is 11.2. The molecule has 10 heteroatoms. The Morgan fingerprint density at radius 1 is 1.31 bits per heavy atom. The van der Waals surface area contributed by atoms with Crippen LogP contribution in [0.15, 0.2) is 41.8 Å². The van der Waals surface area contributed by atoms with E-state index < -0.39 is 9.84 Å². The number of nitrogens with zero attached hydrogens (tertiary/aromatic N) is 4. The van der Waals surface area contributed by atoms with Gasteiger partial charge in [-0.2, -0.15) is 5.10 Å². The van der Waals surface area contributed by atoms with Gasteiger partial charge in [-0.15, -0.1) is 11.3 Å². The molecule has 1 aliphatic rings. The quantitative estimate of drug-likeness (QED) is 0.512. The van der Waals surface area contributed by atoms with Gasteiger partial charge in [-0.1, -0.05) is 29.8 Å². The van der Waals surface area contributed by atoms with Crippen molar-refractivity contribution in [3.63, 3.8) is 0 Å². The lowest BCUT2D eigenvalue weighted by molar-refractivity contribution is 0.147. The molecule has 0 aliphatic carbocycles. The smallest absolute Gasteiger partial charge is 0.199 e. The highest BCUT2D eigenvalue weighted by atomic mass is 35.5. The van der Waals surface area contributed by atoms with Gasteiger partial charge in [-0.05, 0) is 42.2 Å². The molecule has 3 heterocycles. The summed E-state index contributed by atoms with van der Waals surface area (Å²) in [5.74, 6) is 1.10. The van der Waals surface area contributed by atoms with E-state index in [2.05, 4.69) is 11.0 Å². The van der Waals surface area contributed by atoms with Gasteiger partial charge in [0.05, 0.1) is 23.2 Å². The number of sulfone groups is 1. The third-order valence-corrected chi connectivity index (χ3v) is 8.56. The fraction of sp³-hybridized carbons (Fsp3) is 0.368. The van der Waals surface area contributed by atoms with Crippen molar-refractivity contribution < 1.29 is 8.42 Å². The molecule has 29 heavy (non-hydrogen) atoms. The van der Waals surface area contributed by atoms with E-state index in [9.17, 15) is 8.42 Å². The van der Waals surface area contributed by atoms with Crippen LogP contribution in [0.2, 0.25) is 5.02 Å². The Kier molecular flexibility index (Phi) is 5.94. The highest BCUT2D eigenvalue weighted by Crippen LogP contribution is 2.27. The van der Waals surface area contributed by atoms with Crippen molar-refractivity contribution >= 4 is 45.0 Å². The molecular weight excluding hydrogens is 448 g/mol. The van der Waals surface area contributed by atoms with Crippen molar-refractivity contribution in [2.24, 2.45) is 7.05 Å². The molecule has 1 aliphatic heterocycles. The van der Waals surface area contributed by atoms with E-state index in [4.69, 9.17) is 28.9 Å². The van der Waals surface area contributed by atoms with Crippen molar-refractivity contribution in [3.05, 3.63) is 56.4 Å². The lowest BCUT2D eigenvalue weighted by atomic mass is 10.2. The monoisotopic (exact) mass is 468 g/mol. The first-order chi connectivity index (χ1) is 13.8. The first-order valence-electron chi connectivity index (χ1n) is 9.19. The third kappa shape index (κ3) is 4.49. The summed E-state index contributed by atoms with van der Waals surface area (Å²) in [4.78, 5) is 3.35. The molecule has 0 unspecified atom stereocenters. The molecule has 0 spiro atoms. The second kappa shape index (κ2) is 8.31. The first kappa shape index (κ1) is 20.7. The van der Waals surface area contributed by atoms with Gasteiger partial charge in [0, 0.05) is 30.1 Å². The van der Waals surface area contributed by atoms with Gasteiger partial charge in [0.1, 0.15) is 0 Å². The Morgan fingerprint density at radius 2 is 2.10 bits per heavy atom. The van der Waals surface area contributed by atoms with Crippen LogP contribution in [0.1, 0.15) is 11.3 Å². The normalized spacial score (nSPS) is 18.5. The van der Waals surface area contributed by atoms with Crippen LogP contribution in [0, 0.1) is 4.77 Å². The van der Waals surface area contributed by atoms with Crippen LogP contribution in [-0.4, -0.2) is 45.2 Å². The Morgan fingerprint density at radius 3 is 2.76 bits per heavy atom. The minimum Gasteiger partial charge on any atom is -0.303 e. The van der Waals surface area contributed by atoms with E-state index >= 15 is 0 Å². The predicted molar refractivity (Wildman–Crippen MR) is 119 cm³/mol. The number of hydrogen-bond acceptors (Lipinski definition) is 6. The summed E-state index contributed by atoms with van der Waals surface area (Å²) in [5.41, 5.74) is 0.815. The Hall–Kier alpha value is -1.52. The zero-order valence-electron chi connectivity index (χ0n) is 15.9. The SMILES string of the molecule is Cn1c(-c2ccccc2Cl)nn(CN(Cc2cccs2)[C@@H]2CCS(=O)(=O)C2)c1=S. The van der Waals surface area contributed by atoms with Crippen LogP contribution in [0.3, 0.4) is 0 Å². The summed E-state index contributed by atoms with van der Waals surface area (Å²) in [6, 6.07) is 11.5. The van der Waals surface area contributed by atoms with Crippen LogP contribution >= 0.6 is 35.2 Å². The van der Waals surface area contributed by atoms with E-state index in [1.54, 1.807) is 16.0 Å². The van der Waals surface area contributed by atoms with Gasteiger partial charge in [-0.25, -0.2) is 13.1 Å². The molecule has 1 aromatic carbocycles. The summed E-state index contributed by atoms with van der Waals surface area (Å²) in [5, 5.41) is 7.36. The van der Waals surface area contributed by atoms with Crippen LogP contribution < -0.4 is 0 Å². The molecule has 6 nitrogen and oxygen atoms in total. The zero-order chi connectivity index (χ0) is 20.6. The van der Waals surface area contributed by atoms with Gasteiger partial charge < -0.3 is 4.57 Å². The minimum atomic E-state index is -2.99. The van der Waals surface area contributed by atoms with Gasteiger partial charge in [0.2, 0.25) is 0 Å². The summed E-state index contributed by atoms with van der Waals surface area (Å²) in [7, 11) is -1.12. The maximum atomic E-state index is 12.1. The molecule has 3 aromatic rings. The second-order valence-electron chi connectivity index (χ2n) is 7.17. The molecule has 1 saturated heterocycles. The van der Waals surface area contributed by atoms with Gasteiger partial charge in [0.25, 0.3) is 0 Å². The lowest BCUT2D eigenvalue weighted by Gasteiger charge is -2.27. The first-order valence-corrected chi connectivity index (χ1v) is 12.7. The number of benzene rings is 1. The molecule has 2 aromatic heterocycles. The van der Waals surface area contributed by atoms with Crippen molar-refractivity contribution in [2.75, 3.05) is 11.5 Å². The van der Waals surface area contributed by atoms with Gasteiger partial charge in [0.15, 0.2) is 20.4 Å². The number of halogens is 1. The maximum Gasteiger partial charge on any atom is 0.199 e. The summed E-state index contributed by atoms with van der Waals surface area (Å²) < 4.78 is 28.3. The van der Waals surface area contributed by atoms with E-state index in [0.717, 1.165) is 5.56 Å². The Labute approximate surface area is 184 Å². The average molecular weight is 469 g/mol. The molecule has 154 valence electrons. The molecule has 4 rings (SSSR count). The standard InChI is InChI=1S/C19H21ClN4O2S3/c1-22-18(16-6-2-3-7-17(16)20)21-24(19(22)27)13-23(11-15-5-4-9-28-15)14-8-10-29(25,26)12-14/h2-7,9,14H,8,10-13H2,1H3/t14-/m1/s1. The maximum absolute atomic E-state index is 12.1. The minimum absolute atomic E-state index is 0.0465. The molecule has 0 bridgehead atoms. The molecule has 0 amide bonds. The van der Waals surface area contributed by atoms with Crippen LogP contribution in [0.5, 0.6) is 0 Å². The number of rotatable bonds is 6. The lowest BCUT2D eigenvalue weighted by Crippen LogP contribution is -2.37. The molecule has 1 atom stereocenters. The topological polar surface area (TPSA) is 60.1 Å². The van der Waals surface area contributed by atoms with Crippen LogP contribution in [-0.2, 0) is 30.1 Å². The van der Waals surface area contributed by atoms with Crippen LogP contribution in [0.25, 0.3) is 11.4 Å². The van der Waals surface area contributed by atoms with Crippen molar-refractivity contribution in [1.82, 2.24) is 19.2 Å². The number of hydrogen-bond donors (Lipinski definition) is 0. The third-order valence-electron chi connectivity index (χ3n) is 5.14.